The number of hydrogen-bond acceptors (Lipinski definition) is 4. The Balaban J connectivity index is 0.000000269. The number of aromatic nitrogens is 2. The Hall–Kier alpha value is -2.86. The molecule has 2 heterocycles. The summed E-state index contributed by atoms with van der Waals surface area (Å²) < 4.78 is 6.90. The Kier molecular flexibility index (Phi) is 7.46. The van der Waals surface area contributed by atoms with E-state index in [9.17, 15) is 9.59 Å². The second kappa shape index (κ2) is 10.3. The van der Waals surface area contributed by atoms with E-state index in [2.05, 4.69) is 4.98 Å². The predicted molar refractivity (Wildman–Crippen MR) is 118 cm³/mol. The van der Waals surface area contributed by atoms with Crippen molar-refractivity contribution in [2.45, 2.75) is 33.1 Å². The number of halogens is 1. The first-order chi connectivity index (χ1) is 14.5. The molecule has 0 aliphatic carbocycles. The first-order valence-corrected chi connectivity index (χ1v) is 10.5. The molecule has 0 saturated carbocycles. The maximum Gasteiger partial charge on any atom is 0.374 e. The molecule has 0 atom stereocenters. The highest BCUT2D eigenvalue weighted by atomic mass is 35.5. The van der Waals surface area contributed by atoms with Gasteiger partial charge in [0.05, 0.1) is 17.6 Å². The maximum absolute atomic E-state index is 12.2. The Bertz CT molecular complexity index is 1030. The van der Waals surface area contributed by atoms with E-state index in [0.717, 1.165) is 41.8 Å². The van der Waals surface area contributed by atoms with Gasteiger partial charge in [0.2, 0.25) is 12.2 Å². The van der Waals surface area contributed by atoms with E-state index >= 15 is 0 Å². The molecule has 4 rings (SSSR count). The first kappa shape index (κ1) is 21.8. The Morgan fingerprint density at radius 1 is 1.17 bits per heavy atom. The van der Waals surface area contributed by atoms with Gasteiger partial charge in [0.25, 0.3) is 0 Å². The zero-order valence-corrected chi connectivity index (χ0v) is 18.1. The molecule has 1 aliphatic heterocycles. The summed E-state index contributed by atoms with van der Waals surface area (Å²) in [5.74, 6) is -0.193. The predicted octanol–water partition coefficient (Wildman–Crippen LogP) is 4.79. The molecule has 158 valence electrons. The third-order valence-electron chi connectivity index (χ3n) is 4.87. The van der Waals surface area contributed by atoms with Crippen LogP contribution in [0.15, 0.2) is 42.5 Å². The quantitative estimate of drug-likeness (QED) is 0.443. The topological polar surface area (TPSA) is 64.4 Å². The van der Waals surface area contributed by atoms with Crippen molar-refractivity contribution in [2.75, 3.05) is 19.7 Å². The van der Waals surface area contributed by atoms with Crippen molar-refractivity contribution in [3.8, 4) is 5.69 Å². The van der Waals surface area contributed by atoms with Gasteiger partial charge in [0, 0.05) is 23.8 Å². The summed E-state index contributed by atoms with van der Waals surface area (Å²) in [6.07, 6.45) is 4.63. The smallest absolute Gasteiger partial charge is 0.374 e. The minimum absolute atomic E-state index is 0.254. The number of imidazole rings is 1. The number of aryl methyl sites for hydroxylation is 1. The van der Waals surface area contributed by atoms with E-state index in [1.165, 1.54) is 19.3 Å². The Labute approximate surface area is 181 Å². The molecule has 1 aliphatic rings. The van der Waals surface area contributed by atoms with Gasteiger partial charge >= 0.3 is 5.97 Å². The number of hydrogen-bond donors (Lipinski definition) is 0. The van der Waals surface area contributed by atoms with Crippen LogP contribution in [0.4, 0.5) is 0 Å². The molecule has 7 heteroatoms. The number of fused-ring (bicyclic) bond motifs is 1. The van der Waals surface area contributed by atoms with Crippen molar-refractivity contribution in [3.05, 3.63) is 58.9 Å². The molecule has 30 heavy (non-hydrogen) atoms. The fourth-order valence-electron chi connectivity index (χ4n) is 3.42. The average Bonchev–Trinajstić information content (AvgIpc) is 3.13. The van der Waals surface area contributed by atoms with Crippen LogP contribution in [0, 0.1) is 6.92 Å². The van der Waals surface area contributed by atoms with Gasteiger partial charge < -0.3 is 9.64 Å². The van der Waals surface area contributed by atoms with Crippen molar-refractivity contribution in [2.24, 2.45) is 0 Å². The molecular weight excluding hydrogens is 402 g/mol. The van der Waals surface area contributed by atoms with Gasteiger partial charge in [-0.2, -0.15) is 0 Å². The molecule has 3 aromatic rings. The molecule has 1 aromatic heterocycles. The van der Waals surface area contributed by atoms with E-state index in [1.807, 2.05) is 42.2 Å². The summed E-state index contributed by atoms with van der Waals surface area (Å²) in [5.41, 5.74) is 3.46. The number of likely N-dealkylation sites (tertiary alicyclic amines) is 1. The van der Waals surface area contributed by atoms with Crippen molar-refractivity contribution in [1.82, 2.24) is 14.5 Å². The monoisotopic (exact) mass is 427 g/mol. The van der Waals surface area contributed by atoms with Crippen LogP contribution in [0.1, 0.15) is 42.4 Å². The number of benzene rings is 2. The lowest BCUT2D eigenvalue weighted by Crippen LogP contribution is -2.27. The Morgan fingerprint density at radius 3 is 2.57 bits per heavy atom. The number of ether oxygens (including phenoxy) is 1. The molecule has 0 unspecified atom stereocenters. The summed E-state index contributed by atoms with van der Waals surface area (Å²) in [5, 5.41) is 0.598. The van der Waals surface area contributed by atoms with Crippen LogP contribution >= 0.6 is 11.6 Å². The number of carbonyl (C=O) groups is 2. The first-order valence-electron chi connectivity index (χ1n) is 10.1. The van der Waals surface area contributed by atoms with Crippen molar-refractivity contribution in [3.63, 3.8) is 0 Å². The standard InChI is InChI=1S/C17H15ClN2O2.C6H11NO/c1-3-22-17(21)16-19-14-9-11(2)7-8-15(14)20(16)13-6-4-5-12(18)10-13;8-6-7-4-2-1-3-5-7/h4-10H,3H2,1-2H3;6H,1-5H2. The third kappa shape index (κ3) is 5.19. The van der Waals surface area contributed by atoms with E-state index in [0.29, 0.717) is 11.6 Å². The van der Waals surface area contributed by atoms with Crippen LogP contribution in [0.5, 0.6) is 0 Å². The highest BCUT2D eigenvalue weighted by molar-refractivity contribution is 6.30. The van der Waals surface area contributed by atoms with Crippen LogP contribution in [-0.4, -0.2) is 46.5 Å². The fraction of sp³-hybridized carbons (Fsp3) is 0.348. The lowest BCUT2D eigenvalue weighted by Gasteiger charge is -2.21. The summed E-state index contributed by atoms with van der Waals surface area (Å²) in [4.78, 5) is 28.6. The highest BCUT2D eigenvalue weighted by Gasteiger charge is 2.20. The van der Waals surface area contributed by atoms with Gasteiger partial charge in [-0.15, -0.1) is 0 Å². The largest absolute Gasteiger partial charge is 0.460 e. The van der Waals surface area contributed by atoms with E-state index in [1.54, 1.807) is 23.6 Å². The fourth-order valence-corrected chi connectivity index (χ4v) is 3.61. The van der Waals surface area contributed by atoms with Crippen molar-refractivity contribution < 1.29 is 14.3 Å². The van der Waals surface area contributed by atoms with Crippen LogP contribution in [-0.2, 0) is 9.53 Å². The second-order valence-electron chi connectivity index (χ2n) is 7.17. The normalized spacial score (nSPS) is 13.5. The molecule has 1 fully saturated rings. The minimum atomic E-state index is -0.448. The summed E-state index contributed by atoms with van der Waals surface area (Å²) in [6.45, 7) is 6.01. The number of amides is 1. The minimum Gasteiger partial charge on any atom is -0.460 e. The Morgan fingerprint density at radius 2 is 1.93 bits per heavy atom. The number of rotatable bonds is 4. The lowest BCUT2D eigenvalue weighted by atomic mass is 10.1. The zero-order chi connectivity index (χ0) is 21.5. The van der Waals surface area contributed by atoms with Crippen molar-refractivity contribution in [1.29, 1.82) is 0 Å². The molecule has 0 bridgehead atoms. The molecule has 0 spiro atoms. The van der Waals surface area contributed by atoms with E-state index in [-0.39, 0.29) is 5.82 Å². The van der Waals surface area contributed by atoms with Crippen LogP contribution < -0.4 is 0 Å². The van der Waals surface area contributed by atoms with Crippen LogP contribution in [0.2, 0.25) is 5.02 Å². The van der Waals surface area contributed by atoms with Gasteiger partial charge in [-0.1, -0.05) is 23.7 Å². The van der Waals surface area contributed by atoms with E-state index < -0.39 is 5.97 Å². The van der Waals surface area contributed by atoms with E-state index in [4.69, 9.17) is 16.3 Å². The number of carbonyl (C=O) groups excluding carboxylic acids is 2. The SMILES string of the molecule is CCOC(=O)c1nc2cc(C)ccc2n1-c1cccc(Cl)c1.O=CN1CCCCC1. The van der Waals surface area contributed by atoms with Gasteiger partial charge in [-0.05, 0) is 69.0 Å². The molecule has 0 N–H and O–H groups in total. The maximum atomic E-state index is 12.2. The number of piperidine rings is 1. The average molecular weight is 428 g/mol. The molecule has 0 radical (unpaired) electrons. The van der Waals surface area contributed by atoms with Gasteiger partial charge in [0.1, 0.15) is 0 Å². The summed E-state index contributed by atoms with van der Waals surface area (Å²) in [6, 6.07) is 13.2. The molecular formula is C23H26ClN3O3. The van der Waals surface area contributed by atoms with Gasteiger partial charge in [-0.3, -0.25) is 9.36 Å². The van der Waals surface area contributed by atoms with Crippen LogP contribution in [0.25, 0.3) is 16.7 Å². The molecule has 6 nitrogen and oxygen atoms in total. The third-order valence-corrected chi connectivity index (χ3v) is 5.11. The molecule has 2 aromatic carbocycles. The number of esters is 1. The summed E-state index contributed by atoms with van der Waals surface area (Å²) in [7, 11) is 0. The highest BCUT2D eigenvalue weighted by Crippen LogP contribution is 2.25. The second-order valence-corrected chi connectivity index (χ2v) is 7.60. The zero-order valence-electron chi connectivity index (χ0n) is 17.3. The molecule has 1 saturated heterocycles. The van der Waals surface area contributed by atoms with Gasteiger partial charge in [0.15, 0.2) is 0 Å². The summed E-state index contributed by atoms with van der Waals surface area (Å²) >= 11 is 6.08. The van der Waals surface area contributed by atoms with Crippen molar-refractivity contribution >= 4 is 35.0 Å². The van der Waals surface area contributed by atoms with Gasteiger partial charge in [-0.25, -0.2) is 9.78 Å². The number of nitrogens with zero attached hydrogens (tertiary/aromatic N) is 3. The lowest BCUT2D eigenvalue weighted by molar-refractivity contribution is -0.118. The van der Waals surface area contributed by atoms with Crippen LogP contribution in [0.3, 0.4) is 0 Å². The molecule has 1 amide bonds.